The lowest BCUT2D eigenvalue weighted by molar-refractivity contribution is 0.0666. The fraction of sp³-hybridized carbons (Fsp3) is 0.0968. The number of carboxylic acids is 2. The highest BCUT2D eigenvalue weighted by Gasteiger charge is 2.24. The van der Waals surface area contributed by atoms with Gasteiger partial charge >= 0.3 is 23.9 Å². The molecule has 0 amide bonds. The number of carbonyl (C=O) groups excluding carboxylic acids is 2. The van der Waals surface area contributed by atoms with Gasteiger partial charge in [-0.15, -0.1) is 0 Å². The molecule has 39 heavy (non-hydrogen) atoms. The van der Waals surface area contributed by atoms with Crippen molar-refractivity contribution in [2.45, 2.75) is 19.3 Å². The van der Waals surface area contributed by atoms with Gasteiger partial charge in [0.1, 0.15) is 11.5 Å². The van der Waals surface area contributed by atoms with E-state index in [-0.39, 0.29) is 33.8 Å². The van der Waals surface area contributed by atoms with Gasteiger partial charge in [-0.1, -0.05) is 62.4 Å². The molecule has 4 aromatic rings. The zero-order valence-corrected chi connectivity index (χ0v) is 21.1. The SMILES string of the molecule is CC(C)(c1ccc(OC(=O)c2ccccc2C(=O)O)cc1)c1ccc(OC(=O)c2ccccc2C(=O)O)cc1. The third kappa shape index (κ3) is 5.86. The van der Waals surface area contributed by atoms with Crippen LogP contribution in [-0.2, 0) is 5.41 Å². The third-order valence-corrected chi connectivity index (χ3v) is 6.33. The number of esters is 2. The molecule has 8 nitrogen and oxygen atoms in total. The largest absolute Gasteiger partial charge is 0.478 e. The minimum Gasteiger partial charge on any atom is -0.478 e. The van der Waals surface area contributed by atoms with Crippen molar-refractivity contribution in [3.63, 3.8) is 0 Å². The average molecular weight is 525 g/mol. The second kappa shape index (κ2) is 11.0. The minimum absolute atomic E-state index is 0.0401. The summed E-state index contributed by atoms with van der Waals surface area (Å²) < 4.78 is 10.8. The first-order valence-corrected chi connectivity index (χ1v) is 11.9. The number of aromatic carboxylic acids is 2. The van der Waals surface area contributed by atoms with E-state index in [1.54, 1.807) is 36.4 Å². The standard InChI is InChI=1S/C31H24O8/c1-31(2,19-11-15-21(16-12-19)38-29(36)25-9-5-3-7-23(25)27(32)33)20-13-17-22(18-14-20)39-30(37)26-10-6-4-8-24(26)28(34)35/h3-18H,1-2H3,(H,32,33)(H,34,35). The Bertz CT molecular complexity index is 1430. The van der Waals surface area contributed by atoms with Crippen LogP contribution in [-0.4, -0.2) is 34.1 Å². The van der Waals surface area contributed by atoms with E-state index in [4.69, 9.17) is 9.47 Å². The number of ether oxygens (including phenoxy) is 2. The maximum Gasteiger partial charge on any atom is 0.344 e. The Morgan fingerprint density at radius 1 is 0.513 bits per heavy atom. The van der Waals surface area contributed by atoms with Crippen molar-refractivity contribution in [1.29, 1.82) is 0 Å². The molecule has 8 heteroatoms. The van der Waals surface area contributed by atoms with Gasteiger partial charge in [0.2, 0.25) is 0 Å². The molecule has 0 aliphatic carbocycles. The van der Waals surface area contributed by atoms with E-state index in [1.165, 1.54) is 36.4 Å². The lowest BCUT2D eigenvalue weighted by Gasteiger charge is -2.26. The molecule has 0 unspecified atom stereocenters. The maximum atomic E-state index is 12.5. The van der Waals surface area contributed by atoms with Crippen LogP contribution >= 0.6 is 0 Å². The van der Waals surface area contributed by atoms with Gasteiger partial charge in [0.15, 0.2) is 0 Å². The molecule has 0 saturated heterocycles. The lowest BCUT2D eigenvalue weighted by atomic mass is 9.78. The van der Waals surface area contributed by atoms with Crippen LogP contribution in [0.1, 0.15) is 66.4 Å². The predicted molar refractivity (Wildman–Crippen MR) is 142 cm³/mol. The Hall–Kier alpha value is -5.24. The zero-order valence-electron chi connectivity index (χ0n) is 21.1. The van der Waals surface area contributed by atoms with Gasteiger partial charge in [-0.2, -0.15) is 0 Å². The van der Waals surface area contributed by atoms with Crippen LogP contribution in [0, 0.1) is 0 Å². The molecule has 0 aliphatic rings. The highest BCUT2D eigenvalue weighted by atomic mass is 16.5. The molecule has 0 spiro atoms. The smallest absolute Gasteiger partial charge is 0.344 e. The lowest BCUT2D eigenvalue weighted by Crippen LogP contribution is -2.19. The summed E-state index contributed by atoms with van der Waals surface area (Å²) in [4.78, 5) is 47.9. The Morgan fingerprint density at radius 3 is 1.13 bits per heavy atom. The van der Waals surface area contributed by atoms with Crippen LogP contribution in [0.15, 0.2) is 97.1 Å². The van der Waals surface area contributed by atoms with Crippen LogP contribution in [0.4, 0.5) is 0 Å². The molecule has 0 saturated carbocycles. The Morgan fingerprint density at radius 2 is 0.821 bits per heavy atom. The Kier molecular flexibility index (Phi) is 7.58. The molecule has 0 atom stereocenters. The summed E-state index contributed by atoms with van der Waals surface area (Å²) in [5.41, 5.74) is 0.989. The van der Waals surface area contributed by atoms with Crippen molar-refractivity contribution >= 4 is 23.9 Å². The summed E-state index contributed by atoms with van der Waals surface area (Å²) >= 11 is 0. The van der Waals surface area contributed by atoms with Crippen LogP contribution in [0.25, 0.3) is 0 Å². The first kappa shape index (κ1) is 26.8. The van der Waals surface area contributed by atoms with E-state index < -0.39 is 29.3 Å². The van der Waals surface area contributed by atoms with Crippen molar-refractivity contribution < 1.29 is 38.9 Å². The third-order valence-electron chi connectivity index (χ3n) is 6.33. The average Bonchev–Trinajstić information content (AvgIpc) is 2.93. The van der Waals surface area contributed by atoms with Gasteiger partial charge in [0, 0.05) is 5.41 Å². The molecule has 0 aliphatic heterocycles. The molecule has 2 N–H and O–H groups in total. The number of hydrogen-bond acceptors (Lipinski definition) is 6. The zero-order chi connectivity index (χ0) is 28.2. The first-order chi connectivity index (χ1) is 18.6. The first-order valence-electron chi connectivity index (χ1n) is 11.9. The van der Waals surface area contributed by atoms with Gasteiger partial charge in [0.25, 0.3) is 0 Å². The van der Waals surface area contributed by atoms with Crippen LogP contribution in [0.3, 0.4) is 0 Å². The Labute approximate surface area is 224 Å². The maximum absolute atomic E-state index is 12.5. The Balaban J connectivity index is 1.46. The van der Waals surface area contributed by atoms with E-state index in [1.807, 2.05) is 38.1 Å². The number of carboxylic acid groups (broad SMARTS) is 2. The number of hydrogen-bond donors (Lipinski definition) is 2. The molecule has 4 aromatic carbocycles. The molecule has 196 valence electrons. The molecular weight excluding hydrogens is 500 g/mol. The van der Waals surface area contributed by atoms with Gasteiger partial charge < -0.3 is 19.7 Å². The van der Waals surface area contributed by atoms with Crippen molar-refractivity contribution in [3.05, 3.63) is 130 Å². The van der Waals surface area contributed by atoms with Crippen LogP contribution in [0.2, 0.25) is 0 Å². The normalized spacial score (nSPS) is 10.9. The summed E-state index contributed by atoms with van der Waals surface area (Å²) in [5.74, 6) is -3.43. The van der Waals surface area contributed by atoms with Crippen molar-refractivity contribution in [2.24, 2.45) is 0 Å². The van der Waals surface area contributed by atoms with Gasteiger partial charge in [-0.3, -0.25) is 0 Å². The number of rotatable bonds is 8. The van der Waals surface area contributed by atoms with Gasteiger partial charge in [-0.25, -0.2) is 19.2 Å². The molecule has 0 aromatic heterocycles. The van der Waals surface area contributed by atoms with Crippen molar-refractivity contribution in [3.8, 4) is 11.5 Å². The quantitative estimate of drug-likeness (QED) is 0.217. The van der Waals surface area contributed by atoms with E-state index in [9.17, 15) is 29.4 Å². The van der Waals surface area contributed by atoms with Crippen molar-refractivity contribution in [1.82, 2.24) is 0 Å². The second-order valence-electron chi connectivity index (χ2n) is 9.15. The van der Waals surface area contributed by atoms with Crippen molar-refractivity contribution in [2.75, 3.05) is 0 Å². The molecule has 0 radical (unpaired) electrons. The summed E-state index contributed by atoms with van der Waals surface area (Å²) in [5, 5.41) is 18.6. The second-order valence-corrected chi connectivity index (χ2v) is 9.15. The highest BCUT2D eigenvalue weighted by molar-refractivity contribution is 6.03. The molecule has 0 fully saturated rings. The van der Waals surface area contributed by atoms with Gasteiger partial charge in [-0.05, 0) is 59.7 Å². The fourth-order valence-electron chi connectivity index (χ4n) is 4.07. The number of carbonyl (C=O) groups is 4. The van der Waals surface area contributed by atoms with Crippen LogP contribution < -0.4 is 9.47 Å². The molecule has 4 rings (SSSR count). The molecular formula is C31H24O8. The predicted octanol–water partition coefficient (Wildman–Crippen LogP) is 5.85. The summed E-state index contributed by atoms with van der Waals surface area (Å²) in [6.07, 6.45) is 0. The topological polar surface area (TPSA) is 127 Å². The van der Waals surface area contributed by atoms with E-state index in [0.29, 0.717) is 0 Å². The van der Waals surface area contributed by atoms with E-state index in [0.717, 1.165) is 11.1 Å². The fourth-order valence-corrected chi connectivity index (χ4v) is 4.07. The van der Waals surface area contributed by atoms with Crippen LogP contribution in [0.5, 0.6) is 11.5 Å². The minimum atomic E-state index is -1.22. The number of benzene rings is 4. The molecule has 0 bridgehead atoms. The highest BCUT2D eigenvalue weighted by Crippen LogP contribution is 2.33. The summed E-state index contributed by atoms with van der Waals surface area (Å²) in [6, 6.07) is 25.4. The van der Waals surface area contributed by atoms with E-state index >= 15 is 0 Å². The van der Waals surface area contributed by atoms with Gasteiger partial charge in [0.05, 0.1) is 22.3 Å². The molecule has 0 heterocycles. The summed E-state index contributed by atoms with van der Waals surface area (Å²) in [7, 11) is 0. The monoisotopic (exact) mass is 524 g/mol. The summed E-state index contributed by atoms with van der Waals surface area (Å²) in [6.45, 7) is 4.00. The van der Waals surface area contributed by atoms with E-state index in [2.05, 4.69) is 0 Å².